The third kappa shape index (κ3) is 7.71. The summed E-state index contributed by atoms with van der Waals surface area (Å²) in [6.07, 6.45) is 3.27. The lowest BCUT2D eigenvalue weighted by molar-refractivity contribution is 0.0950. The Kier molecular flexibility index (Phi) is 9.61. The van der Waals surface area contributed by atoms with Crippen molar-refractivity contribution in [3.63, 3.8) is 0 Å². The number of nitrogens with one attached hydrogen (secondary N) is 3. The lowest BCUT2D eigenvalue weighted by atomic mass is 10.1. The number of unbranched alkanes of at least 4 members (excludes halogenated alkanes) is 2. The number of ether oxygens (including phenoxy) is 1. The largest absolute Gasteiger partial charge is 0.494 e. The Labute approximate surface area is 205 Å². The van der Waals surface area contributed by atoms with Crippen molar-refractivity contribution < 1.29 is 14.3 Å². The number of rotatable bonds is 10. The zero-order chi connectivity index (χ0) is 24.2. The third-order valence-corrected chi connectivity index (χ3v) is 5.28. The molecule has 0 aromatic heterocycles. The normalized spacial score (nSPS) is 10.3. The topological polar surface area (TPSA) is 79.5 Å². The van der Waals surface area contributed by atoms with E-state index in [2.05, 4.69) is 22.9 Å². The Morgan fingerprint density at radius 3 is 2.29 bits per heavy atom. The van der Waals surface area contributed by atoms with Crippen molar-refractivity contribution in [1.82, 2.24) is 10.6 Å². The number of benzene rings is 3. The first kappa shape index (κ1) is 24.9. The van der Waals surface area contributed by atoms with Gasteiger partial charge < -0.3 is 15.4 Å². The average Bonchev–Trinajstić information content (AvgIpc) is 2.86. The van der Waals surface area contributed by atoms with Gasteiger partial charge in [-0.25, -0.2) is 0 Å². The van der Waals surface area contributed by atoms with Gasteiger partial charge in [0.05, 0.1) is 17.9 Å². The SMILES string of the molecule is CCCCCOc1ccc(C(=O)NC(=S)Nc2ccccc2C(=O)NCc2ccccc2)cc1. The van der Waals surface area contributed by atoms with Crippen molar-refractivity contribution in [3.05, 3.63) is 95.6 Å². The van der Waals surface area contributed by atoms with Crippen LogP contribution in [0, 0.1) is 0 Å². The third-order valence-electron chi connectivity index (χ3n) is 5.08. The first-order chi connectivity index (χ1) is 16.6. The number of carbonyl (C=O) groups is 2. The van der Waals surface area contributed by atoms with Crippen molar-refractivity contribution in [2.45, 2.75) is 32.7 Å². The highest BCUT2D eigenvalue weighted by Crippen LogP contribution is 2.16. The maximum Gasteiger partial charge on any atom is 0.257 e. The number of hydrogen-bond acceptors (Lipinski definition) is 4. The van der Waals surface area contributed by atoms with Gasteiger partial charge in [-0.2, -0.15) is 0 Å². The zero-order valence-corrected chi connectivity index (χ0v) is 20.0. The Balaban J connectivity index is 1.54. The predicted octanol–water partition coefficient (Wildman–Crippen LogP) is 5.31. The summed E-state index contributed by atoms with van der Waals surface area (Å²) in [5, 5.41) is 8.62. The van der Waals surface area contributed by atoms with Gasteiger partial charge >= 0.3 is 0 Å². The van der Waals surface area contributed by atoms with E-state index in [0.29, 0.717) is 30.0 Å². The maximum absolute atomic E-state index is 12.7. The van der Waals surface area contributed by atoms with E-state index in [4.69, 9.17) is 17.0 Å². The van der Waals surface area contributed by atoms with Crippen molar-refractivity contribution in [2.24, 2.45) is 0 Å². The van der Waals surface area contributed by atoms with E-state index in [-0.39, 0.29) is 16.9 Å². The van der Waals surface area contributed by atoms with E-state index in [0.717, 1.165) is 30.6 Å². The van der Waals surface area contributed by atoms with Crippen molar-refractivity contribution in [1.29, 1.82) is 0 Å². The summed E-state index contributed by atoms with van der Waals surface area (Å²) in [6.45, 7) is 3.21. The molecule has 0 radical (unpaired) electrons. The molecule has 6 nitrogen and oxygen atoms in total. The van der Waals surface area contributed by atoms with Crippen LogP contribution in [0.1, 0.15) is 52.5 Å². The molecule has 176 valence electrons. The smallest absolute Gasteiger partial charge is 0.257 e. The van der Waals surface area contributed by atoms with Gasteiger partial charge in [-0.3, -0.25) is 14.9 Å². The number of anilines is 1. The van der Waals surface area contributed by atoms with Crippen LogP contribution in [0.3, 0.4) is 0 Å². The molecule has 0 spiro atoms. The van der Waals surface area contributed by atoms with Crippen LogP contribution in [0.15, 0.2) is 78.9 Å². The van der Waals surface area contributed by atoms with Gasteiger partial charge in [0.1, 0.15) is 5.75 Å². The van der Waals surface area contributed by atoms with E-state index >= 15 is 0 Å². The molecule has 0 fully saturated rings. The van der Waals surface area contributed by atoms with E-state index in [1.165, 1.54) is 0 Å². The molecule has 0 atom stereocenters. The summed E-state index contributed by atoms with van der Waals surface area (Å²) in [4.78, 5) is 25.3. The zero-order valence-electron chi connectivity index (χ0n) is 19.2. The second-order valence-corrected chi connectivity index (χ2v) is 8.11. The Morgan fingerprint density at radius 1 is 0.853 bits per heavy atom. The monoisotopic (exact) mass is 475 g/mol. The second-order valence-electron chi connectivity index (χ2n) is 7.70. The van der Waals surface area contributed by atoms with Gasteiger partial charge in [-0.05, 0) is 60.6 Å². The highest BCUT2D eigenvalue weighted by Gasteiger charge is 2.13. The van der Waals surface area contributed by atoms with Gasteiger partial charge in [0.15, 0.2) is 5.11 Å². The van der Waals surface area contributed by atoms with Crippen molar-refractivity contribution in [2.75, 3.05) is 11.9 Å². The number of hydrogen-bond donors (Lipinski definition) is 3. The molecular weight excluding hydrogens is 446 g/mol. The maximum atomic E-state index is 12.7. The molecule has 0 saturated heterocycles. The van der Waals surface area contributed by atoms with Gasteiger partial charge in [-0.15, -0.1) is 0 Å². The first-order valence-corrected chi connectivity index (χ1v) is 11.7. The van der Waals surface area contributed by atoms with Crippen LogP contribution in [-0.2, 0) is 6.54 Å². The molecule has 3 rings (SSSR count). The van der Waals surface area contributed by atoms with Gasteiger partial charge in [0, 0.05) is 12.1 Å². The predicted molar refractivity (Wildman–Crippen MR) is 139 cm³/mol. The van der Waals surface area contributed by atoms with Crippen molar-refractivity contribution >= 4 is 34.8 Å². The van der Waals surface area contributed by atoms with E-state index in [1.54, 1.807) is 48.5 Å². The van der Waals surface area contributed by atoms with E-state index in [1.807, 2.05) is 30.3 Å². The van der Waals surface area contributed by atoms with Gasteiger partial charge in [0.25, 0.3) is 11.8 Å². The van der Waals surface area contributed by atoms with Gasteiger partial charge in [-0.1, -0.05) is 62.2 Å². The standard InChI is InChI=1S/C27H29N3O3S/c1-2-3-9-18-33-22-16-14-21(15-17-22)25(31)30-27(34)29-24-13-8-7-12-23(24)26(32)28-19-20-10-5-4-6-11-20/h4-8,10-17H,2-3,9,18-19H2,1H3,(H,28,32)(H2,29,30,31,34). The summed E-state index contributed by atoms with van der Waals surface area (Å²) in [5.74, 6) is 0.139. The van der Waals surface area contributed by atoms with Crippen LogP contribution in [-0.4, -0.2) is 23.5 Å². The lowest BCUT2D eigenvalue weighted by Crippen LogP contribution is -2.35. The fraction of sp³-hybridized carbons (Fsp3) is 0.222. The second kappa shape index (κ2) is 13.1. The lowest BCUT2D eigenvalue weighted by Gasteiger charge is -2.14. The molecule has 3 N–H and O–H groups in total. The van der Waals surface area contributed by atoms with E-state index in [9.17, 15) is 9.59 Å². The number of para-hydroxylation sites is 1. The van der Waals surface area contributed by atoms with Crippen molar-refractivity contribution in [3.8, 4) is 5.75 Å². The molecule has 3 aromatic carbocycles. The number of carbonyl (C=O) groups excluding carboxylic acids is 2. The van der Waals surface area contributed by atoms with E-state index < -0.39 is 0 Å². The minimum Gasteiger partial charge on any atom is -0.494 e. The Hall–Kier alpha value is -3.71. The summed E-state index contributed by atoms with van der Waals surface area (Å²) in [6, 6.07) is 23.6. The van der Waals surface area contributed by atoms with Crippen LogP contribution in [0.25, 0.3) is 0 Å². The molecule has 0 saturated carbocycles. The van der Waals surface area contributed by atoms with Gasteiger partial charge in [0.2, 0.25) is 0 Å². The molecule has 0 unspecified atom stereocenters. The highest BCUT2D eigenvalue weighted by atomic mass is 32.1. The molecular formula is C27H29N3O3S. The molecule has 0 aliphatic heterocycles. The summed E-state index contributed by atoms with van der Waals surface area (Å²) in [5.41, 5.74) is 2.40. The van der Waals surface area contributed by atoms with Crippen LogP contribution >= 0.6 is 12.2 Å². The first-order valence-electron chi connectivity index (χ1n) is 11.3. The fourth-order valence-corrected chi connectivity index (χ4v) is 3.44. The Bertz CT molecular complexity index is 1100. The van der Waals surface area contributed by atoms with Crippen LogP contribution in [0.4, 0.5) is 5.69 Å². The average molecular weight is 476 g/mol. The van der Waals surface area contributed by atoms with Crippen LogP contribution in [0.2, 0.25) is 0 Å². The fourth-order valence-electron chi connectivity index (χ4n) is 3.24. The quantitative estimate of drug-likeness (QED) is 0.273. The van der Waals surface area contributed by atoms with Crippen LogP contribution in [0.5, 0.6) is 5.75 Å². The number of thiocarbonyl (C=S) groups is 1. The summed E-state index contributed by atoms with van der Waals surface area (Å²) in [7, 11) is 0. The summed E-state index contributed by atoms with van der Waals surface area (Å²) < 4.78 is 5.68. The molecule has 7 heteroatoms. The highest BCUT2D eigenvalue weighted by molar-refractivity contribution is 7.80. The molecule has 0 aliphatic rings. The minimum absolute atomic E-state index is 0.105. The molecule has 2 amide bonds. The number of amides is 2. The molecule has 0 heterocycles. The molecule has 3 aromatic rings. The Morgan fingerprint density at radius 2 is 1.56 bits per heavy atom. The summed E-state index contributed by atoms with van der Waals surface area (Å²) >= 11 is 5.31. The van der Waals surface area contributed by atoms with Crippen LogP contribution < -0.4 is 20.7 Å². The molecule has 34 heavy (non-hydrogen) atoms. The molecule has 0 bridgehead atoms. The minimum atomic E-state index is -0.346. The molecule has 0 aliphatic carbocycles.